The lowest BCUT2D eigenvalue weighted by atomic mass is 10.2. The van der Waals surface area contributed by atoms with E-state index in [1.165, 1.54) is 12.4 Å². The highest BCUT2D eigenvalue weighted by Gasteiger charge is 2.13. The Kier molecular flexibility index (Phi) is 3.10. The van der Waals surface area contributed by atoms with Gasteiger partial charge >= 0.3 is 0 Å². The van der Waals surface area contributed by atoms with Crippen LogP contribution in [-0.4, -0.2) is 20.7 Å². The molecule has 5 nitrogen and oxygen atoms in total. The van der Waals surface area contributed by atoms with Crippen LogP contribution in [0.4, 0.5) is 5.82 Å². The number of pyridine rings is 1. The number of carbonyl (C=O) groups excluding carboxylic acids is 1. The molecule has 0 aliphatic rings. The molecular formula is C11H11ClN4O. The lowest BCUT2D eigenvalue weighted by Gasteiger charge is -2.03. The van der Waals surface area contributed by atoms with E-state index in [-0.39, 0.29) is 5.91 Å². The molecule has 0 saturated carbocycles. The van der Waals surface area contributed by atoms with E-state index in [0.29, 0.717) is 16.4 Å². The zero-order chi connectivity index (χ0) is 12.4. The number of amides is 1. The maximum absolute atomic E-state index is 11.9. The molecule has 0 unspecified atom stereocenters. The predicted octanol–water partition coefficient (Wildman–Crippen LogP) is 2.03. The first-order chi connectivity index (χ1) is 8.08. The molecule has 0 spiro atoms. The minimum Gasteiger partial charge on any atom is -0.306 e. The Morgan fingerprint density at radius 2 is 2.29 bits per heavy atom. The molecule has 2 aromatic heterocycles. The van der Waals surface area contributed by atoms with Crippen LogP contribution < -0.4 is 5.32 Å². The first-order valence-corrected chi connectivity index (χ1v) is 5.37. The highest BCUT2D eigenvalue weighted by Crippen LogP contribution is 2.14. The fourth-order valence-corrected chi connectivity index (χ4v) is 1.54. The Morgan fingerprint density at radius 3 is 2.88 bits per heavy atom. The minimum absolute atomic E-state index is 0.245. The number of nitrogens with zero attached hydrogens (tertiary/aromatic N) is 3. The van der Waals surface area contributed by atoms with Crippen molar-refractivity contribution in [3.8, 4) is 0 Å². The van der Waals surface area contributed by atoms with Crippen molar-refractivity contribution in [3.63, 3.8) is 0 Å². The van der Waals surface area contributed by atoms with Crippen molar-refractivity contribution in [3.05, 3.63) is 40.8 Å². The van der Waals surface area contributed by atoms with Gasteiger partial charge in [0.2, 0.25) is 0 Å². The van der Waals surface area contributed by atoms with Crippen LogP contribution in [0.3, 0.4) is 0 Å². The Morgan fingerprint density at radius 1 is 1.53 bits per heavy atom. The van der Waals surface area contributed by atoms with Gasteiger partial charge in [-0.15, -0.1) is 0 Å². The number of halogens is 1. The van der Waals surface area contributed by atoms with E-state index in [9.17, 15) is 4.79 Å². The van der Waals surface area contributed by atoms with Crippen LogP contribution in [0.5, 0.6) is 0 Å². The normalized spacial score (nSPS) is 10.3. The van der Waals surface area contributed by atoms with Crippen LogP contribution >= 0.6 is 11.6 Å². The third kappa shape index (κ3) is 2.45. The van der Waals surface area contributed by atoms with Gasteiger partial charge in [0.15, 0.2) is 0 Å². The molecule has 0 aliphatic carbocycles. The van der Waals surface area contributed by atoms with Gasteiger partial charge in [-0.3, -0.25) is 9.48 Å². The van der Waals surface area contributed by atoms with Crippen LogP contribution in [-0.2, 0) is 7.05 Å². The Bertz CT molecular complexity index is 564. The average Bonchev–Trinajstić information content (AvgIpc) is 2.60. The zero-order valence-electron chi connectivity index (χ0n) is 9.44. The highest BCUT2D eigenvalue weighted by atomic mass is 35.5. The monoisotopic (exact) mass is 250 g/mol. The van der Waals surface area contributed by atoms with E-state index in [2.05, 4.69) is 15.4 Å². The summed E-state index contributed by atoms with van der Waals surface area (Å²) in [7, 11) is 1.78. The second kappa shape index (κ2) is 4.55. The number of nitrogens with one attached hydrogen (secondary N) is 1. The van der Waals surface area contributed by atoms with Crippen LogP contribution in [0.25, 0.3) is 0 Å². The van der Waals surface area contributed by atoms with Crippen LogP contribution in [0.1, 0.15) is 16.1 Å². The first-order valence-electron chi connectivity index (χ1n) is 4.99. The number of aryl methyl sites for hydroxylation is 1. The van der Waals surface area contributed by atoms with Gasteiger partial charge in [-0.05, 0) is 19.1 Å². The molecule has 0 saturated heterocycles. The molecule has 0 atom stereocenters. The van der Waals surface area contributed by atoms with Crippen molar-refractivity contribution in [2.75, 3.05) is 5.32 Å². The molecule has 2 heterocycles. The van der Waals surface area contributed by atoms with E-state index in [0.717, 1.165) is 5.69 Å². The molecule has 0 aromatic carbocycles. The summed E-state index contributed by atoms with van der Waals surface area (Å²) in [6.45, 7) is 1.83. The molecule has 6 heteroatoms. The van der Waals surface area contributed by atoms with Gasteiger partial charge in [0.05, 0.1) is 11.8 Å². The standard InChI is InChI=1S/C11H11ClN4O/c1-7-9(6-14-16(7)2)11(17)15-10-5-8(12)3-4-13-10/h3-6H,1-2H3,(H,13,15,17). The Balaban J connectivity index is 2.20. The van der Waals surface area contributed by atoms with Gasteiger partial charge in [0, 0.05) is 24.0 Å². The van der Waals surface area contributed by atoms with Crippen molar-refractivity contribution in [1.29, 1.82) is 0 Å². The molecule has 17 heavy (non-hydrogen) atoms. The maximum atomic E-state index is 11.9. The number of carbonyl (C=O) groups is 1. The quantitative estimate of drug-likeness (QED) is 0.887. The van der Waals surface area contributed by atoms with E-state index in [1.807, 2.05) is 6.92 Å². The smallest absolute Gasteiger partial charge is 0.260 e. The Labute approximate surface area is 103 Å². The fraction of sp³-hybridized carbons (Fsp3) is 0.182. The van der Waals surface area contributed by atoms with Gasteiger partial charge in [0.25, 0.3) is 5.91 Å². The predicted molar refractivity (Wildman–Crippen MR) is 65.1 cm³/mol. The van der Waals surface area contributed by atoms with Crippen molar-refractivity contribution < 1.29 is 4.79 Å². The third-order valence-electron chi connectivity index (χ3n) is 2.44. The molecule has 2 aromatic rings. The largest absolute Gasteiger partial charge is 0.306 e. The van der Waals surface area contributed by atoms with E-state index < -0.39 is 0 Å². The highest BCUT2D eigenvalue weighted by molar-refractivity contribution is 6.30. The summed E-state index contributed by atoms with van der Waals surface area (Å²) in [4.78, 5) is 15.9. The summed E-state index contributed by atoms with van der Waals surface area (Å²) in [6, 6.07) is 3.23. The summed E-state index contributed by atoms with van der Waals surface area (Å²) in [6.07, 6.45) is 3.06. The van der Waals surface area contributed by atoms with Gasteiger partial charge in [-0.2, -0.15) is 5.10 Å². The topological polar surface area (TPSA) is 59.8 Å². The van der Waals surface area contributed by atoms with Crippen LogP contribution in [0.2, 0.25) is 5.02 Å². The van der Waals surface area contributed by atoms with E-state index in [1.54, 1.807) is 23.9 Å². The molecule has 88 valence electrons. The van der Waals surface area contributed by atoms with E-state index >= 15 is 0 Å². The molecule has 0 radical (unpaired) electrons. The average molecular weight is 251 g/mol. The van der Waals surface area contributed by atoms with Crippen molar-refractivity contribution in [2.45, 2.75) is 6.92 Å². The molecule has 1 amide bonds. The molecule has 2 rings (SSSR count). The fourth-order valence-electron chi connectivity index (χ4n) is 1.38. The molecule has 0 aliphatic heterocycles. The van der Waals surface area contributed by atoms with Gasteiger partial charge in [-0.1, -0.05) is 11.6 Å². The molecule has 0 bridgehead atoms. The second-order valence-corrected chi connectivity index (χ2v) is 4.02. The first kappa shape index (κ1) is 11.6. The zero-order valence-corrected chi connectivity index (χ0v) is 10.2. The summed E-state index contributed by atoms with van der Waals surface area (Å²) < 4.78 is 1.64. The van der Waals surface area contributed by atoms with Crippen molar-refractivity contribution in [2.24, 2.45) is 7.05 Å². The third-order valence-corrected chi connectivity index (χ3v) is 2.68. The number of aromatic nitrogens is 3. The molecular weight excluding hydrogens is 240 g/mol. The number of hydrogen-bond acceptors (Lipinski definition) is 3. The summed E-state index contributed by atoms with van der Waals surface area (Å²) in [5.74, 6) is 0.177. The number of anilines is 1. The van der Waals surface area contributed by atoms with Crippen molar-refractivity contribution in [1.82, 2.24) is 14.8 Å². The molecule has 0 fully saturated rings. The molecule has 1 N–H and O–H groups in total. The summed E-state index contributed by atoms with van der Waals surface area (Å²) in [5, 5.41) is 7.20. The van der Waals surface area contributed by atoms with Gasteiger partial charge in [0.1, 0.15) is 5.82 Å². The SMILES string of the molecule is Cc1c(C(=O)Nc2cc(Cl)ccn2)cnn1C. The number of hydrogen-bond donors (Lipinski definition) is 1. The second-order valence-electron chi connectivity index (χ2n) is 3.58. The van der Waals surface area contributed by atoms with E-state index in [4.69, 9.17) is 11.6 Å². The Hall–Kier alpha value is -1.88. The van der Waals surface area contributed by atoms with Crippen molar-refractivity contribution >= 4 is 23.3 Å². The van der Waals surface area contributed by atoms with Gasteiger partial charge < -0.3 is 5.32 Å². The van der Waals surface area contributed by atoms with Crippen LogP contribution in [0, 0.1) is 6.92 Å². The number of rotatable bonds is 2. The maximum Gasteiger partial charge on any atom is 0.260 e. The minimum atomic E-state index is -0.245. The summed E-state index contributed by atoms with van der Waals surface area (Å²) in [5.41, 5.74) is 1.32. The summed E-state index contributed by atoms with van der Waals surface area (Å²) >= 11 is 5.80. The van der Waals surface area contributed by atoms with Gasteiger partial charge in [-0.25, -0.2) is 4.98 Å². The van der Waals surface area contributed by atoms with Crippen LogP contribution in [0.15, 0.2) is 24.5 Å². The lowest BCUT2D eigenvalue weighted by Crippen LogP contribution is -2.13. The lowest BCUT2D eigenvalue weighted by molar-refractivity contribution is 0.102.